The number of hydrogen-bond acceptors (Lipinski definition) is 1. The van der Waals surface area contributed by atoms with Gasteiger partial charge in [0, 0.05) is 17.1 Å². The number of urea groups is 1. The van der Waals surface area contributed by atoms with Crippen molar-refractivity contribution in [1.82, 2.24) is 5.32 Å². The molecule has 0 bridgehead atoms. The van der Waals surface area contributed by atoms with Crippen LogP contribution in [0.3, 0.4) is 0 Å². The highest BCUT2D eigenvalue weighted by atomic mass is 79.9. The molecule has 0 aliphatic rings. The van der Waals surface area contributed by atoms with Crippen molar-refractivity contribution in [2.45, 2.75) is 19.6 Å². The maximum absolute atomic E-state index is 11.4. The highest BCUT2D eigenvalue weighted by molar-refractivity contribution is 9.10. The Hall–Kier alpha value is -1.25. The Morgan fingerprint density at radius 1 is 1.33 bits per heavy atom. The van der Waals surface area contributed by atoms with E-state index in [-0.39, 0.29) is 6.03 Å². The molecular formula is C13H17BrN2OSi. The zero-order valence-electron chi connectivity index (χ0n) is 11.0. The minimum absolute atomic E-state index is 0.246. The van der Waals surface area contributed by atoms with Crippen LogP contribution >= 0.6 is 15.9 Å². The van der Waals surface area contributed by atoms with E-state index in [1.807, 2.05) is 18.2 Å². The van der Waals surface area contributed by atoms with E-state index < -0.39 is 8.07 Å². The zero-order chi connectivity index (χ0) is 13.8. The first-order valence-corrected chi connectivity index (χ1v) is 9.92. The lowest BCUT2D eigenvalue weighted by Crippen LogP contribution is -2.25. The predicted molar refractivity (Wildman–Crippen MR) is 82.4 cm³/mol. The van der Waals surface area contributed by atoms with Gasteiger partial charge in [0.1, 0.15) is 8.07 Å². The second-order valence-corrected chi connectivity index (χ2v) is 10.6. The van der Waals surface area contributed by atoms with Gasteiger partial charge in [-0.2, -0.15) is 0 Å². The molecule has 0 aromatic heterocycles. The summed E-state index contributed by atoms with van der Waals surface area (Å²) in [4.78, 5) is 11.4. The number of carbonyl (C=O) groups is 1. The lowest BCUT2D eigenvalue weighted by molar-refractivity contribution is 0.254. The molecule has 0 fully saturated rings. The Balaban J connectivity index is 3.10. The van der Waals surface area contributed by atoms with Crippen molar-refractivity contribution in [1.29, 1.82) is 0 Å². The SMILES string of the molecule is CNC(=O)Nc1cc(Br)ccc1C#C[Si](C)(C)C. The quantitative estimate of drug-likeness (QED) is 0.603. The second-order valence-electron chi connectivity index (χ2n) is 4.89. The maximum Gasteiger partial charge on any atom is 0.319 e. The number of nitrogens with one attached hydrogen (secondary N) is 2. The number of benzene rings is 1. The Morgan fingerprint density at radius 2 is 2.00 bits per heavy atom. The molecule has 0 aliphatic heterocycles. The van der Waals surface area contributed by atoms with Gasteiger partial charge in [-0.3, -0.25) is 0 Å². The standard InChI is InChI=1S/C13H17BrN2OSi/c1-15-13(17)16-12-9-11(14)6-5-10(12)7-8-18(2,3)4/h5-6,9H,1-4H3,(H2,15,16,17). The van der Waals surface area contributed by atoms with Gasteiger partial charge in [-0.15, -0.1) is 5.54 Å². The summed E-state index contributed by atoms with van der Waals surface area (Å²) in [5.74, 6) is 3.16. The van der Waals surface area contributed by atoms with Gasteiger partial charge >= 0.3 is 6.03 Å². The molecule has 3 nitrogen and oxygen atoms in total. The van der Waals surface area contributed by atoms with Crippen molar-refractivity contribution in [3.8, 4) is 11.5 Å². The molecule has 0 heterocycles. The van der Waals surface area contributed by atoms with Gasteiger partial charge in [0.05, 0.1) is 5.69 Å². The summed E-state index contributed by atoms with van der Waals surface area (Å²) in [5.41, 5.74) is 4.85. The minimum Gasteiger partial charge on any atom is -0.341 e. The summed E-state index contributed by atoms with van der Waals surface area (Å²) in [7, 11) is 0.158. The summed E-state index contributed by atoms with van der Waals surface area (Å²) in [6.45, 7) is 6.56. The second kappa shape index (κ2) is 6.07. The first-order valence-electron chi connectivity index (χ1n) is 5.63. The average molecular weight is 325 g/mol. The normalized spacial score (nSPS) is 10.3. The molecule has 0 saturated carbocycles. The molecule has 1 rings (SSSR count). The van der Waals surface area contributed by atoms with Crippen molar-refractivity contribution in [2.75, 3.05) is 12.4 Å². The van der Waals surface area contributed by atoms with E-state index in [1.165, 1.54) is 0 Å². The van der Waals surface area contributed by atoms with Crippen LogP contribution in [0.15, 0.2) is 22.7 Å². The minimum atomic E-state index is -1.43. The fourth-order valence-corrected chi connectivity index (χ4v) is 2.04. The first kappa shape index (κ1) is 14.8. The van der Waals surface area contributed by atoms with E-state index in [0.717, 1.165) is 15.7 Å². The van der Waals surface area contributed by atoms with Gasteiger partial charge in [0.2, 0.25) is 0 Å². The molecule has 0 atom stereocenters. The van der Waals surface area contributed by atoms with Crippen LogP contribution in [0.2, 0.25) is 19.6 Å². The molecule has 18 heavy (non-hydrogen) atoms. The lowest BCUT2D eigenvalue weighted by atomic mass is 10.2. The smallest absolute Gasteiger partial charge is 0.319 e. The van der Waals surface area contributed by atoms with Crippen molar-refractivity contribution in [3.63, 3.8) is 0 Å². The van der Waals surface area contributed by atoms with E-state index in [0.29, 0.717) is 0 Å². The highest BCUT2D eigenvalue weighted by Crippen LogP contribution is 2.21. The van der Waals surface area contributed by atoms with Gasteiger partial charge in [-0.25, -0.2) is 4.79 Å². The van der Waals surface area contributed by atoms with E-state index >= 15 is 0 Å². The third-order valence-corrected chi connectivity index (χ3v) is 3.40. The van der Waals surface area contributed by atoms with Crippen molar-refractivity contribution >= 4 is 35.7 Å². The van der Waals surface area contributed by atoms with Crippen LogP contribution in [0.1, 0.15) is 5.56 Å². The topological polar surface area (TPSA) is 41.1 Å². The summed E-state index contributed by atoms with van der Waals surface area (Å²) in [6.07, 6.45) is 0. The first-order chi connectivity index (χ1) is 8.31. The van der Waals surface area contributed by atoms with Crippen LogP contribution < -0.4 is 10.6 Å². The summed E-state index contributed by atoms with van der Waals surface area (Å²) in [6, 6.07) is 5.43. The Morgan fingerprint density at radius 3 is 2.56 bits per heavy atom. The lowest BCUT2D eigenvalue weighted by Gasteiger charge is -2.08. The molecule has 0 unspecified atom stereocenters. The van der Waals surface area contributed by atoms with Crippen LogP contribution in [-0.4, -0.2) is 21.2 Å². The van der Waals surface area contributed by atoms with E-state index in [4.69, 9.17) is 0 Å². The molecular weight excluding hydrogens is 308 g/mol. The van der Waals surface area contributed by atoms with Crippen molar-refractivity contribution in [3.05, 3.63) is 28.2 Å². The monoisotopic (exact) mass is 324 g/mol. The number of rotatable bonds is 1. The highest BCUT2D eigenvalue weighted by Gasteiger charge is 2.09. The molecule has 0 saturated heterocycles. The van der Waals surface area contributed by atoms with Crippen LogP contribution in [-0.2, 0) is 0 Å². The van der Waals surface area contributed by atoms with Crippen LogP contribution in [0.25, 0.3) is 0 Å². The molecule has 0 aliphatic carbocycles. The maximum atomic E-state index is 11.4. The molecule has 2 N–H and O–H groups in total. The van der Waals surface area contributed by atoms with E-state index in [9.17, 15) is 4.79 Å². The van der Waals surface area contributed by atoms with Crippen LogP contribution in [0.5, 0.6) is 0 Å². The molecule has 2 amide bonds. The fourth-order valence-electron chi connectivity index (χ4n) is 1.17. The number of anilines is 1. The third-order valence-electron chi connectivity index (χ3n) is 2.03. The molecule has 1 aromatic rings. The Bertz CT molecular complexity index is 512. The van der Waals surface area contributed by atoms with Gasteiger partial charge in [-0.05, 0) is 18.2 Å². The van der Waals surface area contributed by atoms with E-state index in [1.54, 1.807) is 7.05 Å². The molecule has 5 heteroatoms. The van der Waals surface area contributed by atoms with Crippen LogP contribution in [0.4, 0.5) is 10.5 Å². The molecule has 0 radical (unpaired) electrons. The van der Waals surface area contributed by atoms with Gasteiger partial charge in [0.15, 0.2) is 0 Å². The fraction of sp³-hybridized carbons (Fsp3) is 0.308. The summed E-state index contributed by atoms with van der Waals surface area (Å²) in [5, 5.41) is 5.30. The molecule has 96 valence electrons. The zero-order valence-corrected chi connectivity index (χ0v) is 13.6. The third kappa shape index (κ3) is 4.94. The summed E-state index contributed by atoms with van der Waals surface area (Å²) < 4.78 is 0.910. The Kier molecular flexibility index (Phi) is 5.00. The van der Waals surface area contributed by atoms with Gasteiger partial charge in [0.25, 0.3) is 0 Å². The number of carbonyl (C=O) groups excluding carboxylic acids is 1. The summed E-state index contributed by atoms with van der Waals surface area (Å²) >= 11 is 3.39. The van der Waals surface area contributed by atoms with Gasteiger partial charge in [-0.1, -0.05) is 41.5 Å². The average Bonchev–Trinajstić information content (AvgIpc) is 2.26. The molecule has 1 aromatic carbocycles. The largest absolute Gasteiger partial charge is 0.341 e. The van der Waals surface area contributed by atoms with Crippen LogP contribution in [0, 0.1) is 11.5 Å². The number of amides is 2. The number of halogens is 1. The Labute approximate surface area is 117 Å². The molecule has 0 spiro atoms. The predicted octanol–water partition coefficient (Wildman–Crippen LogP) is 3.43. The van der Waals surface area contributed by atoms with Crippen molar-refractivity contribution < 1.29 is 4.79 Å². The number of hydrogen-bond donors (Lipinski definition) is 2. The van der Waals surface area contributed by atoms with E-state index in [2.05, 4.69) is 57.7 Å². The van der Waals surface area contributed by atoms with Crippen molar-refractivity contribution in [2.24, 2.45) is 0 Å². The van der Waals surface area contributed by atoms with Gasteiger partial charge < -0.3 is 10.6 Å².